The van der Waals surface area contributed by atoms with Gasteiger partial charge in [-0.3, -0.25) is 4.79 Å². The first-order valence-electron chi connectivity index (χ1n) is 8.09. The topological polar surface area (TPSA) is 49.3 Å². The zero-order chi connectivity index (χ0) is 14.9. The standard InChI is InChI=1S/C18H25NO2/c1-18(10-14-4-2-3-5-15(14)11-18)12-19-16-8-6-13(7-9-16)17(20)21/h2-5,13,16,19H,6-12H2,1H3,(H,20,21). The SMILES string of the molecule is CC1(CNC2CCC(C(=O)O)CC2)Cc2ccccc2C1. The Bertz CT molecular complexity index is 493. The number of hydrogen-bond acceptors (Lipinski definition) is 2. The highest BCUT2D eigenvalue weighted by Crippen LogP contribution is 2.36. The lowest BCUT2D eigenvalue weighted by Crippen LogP contribution is -2.41. The van der Waals surface area contributed by atoms with Crippen molar-refractivity contribution in [1.29, 1.82) is 0 Å². The van der Waals surface area contributed by atoms with Gasteiger partial charge in [0.1, 0.15) is 0 Å². The number of fused-ring (bicyclic) bond motifs is 1. The first-order valence-corrected chi connectivity index (χ1v) is 8.09. The average molecular weight is 287 g/mol. The molecule has 0 aromatic heterocycles. The minimum absolute atomic E-state index is 0.116. The van der Waals surface area contributed by atoms with Crippen LogP contribution in [0.2, 0.25) is 0 Å². The van der Waals surface area contributed by atoms with E-state index in [1.807, 2.05) is 0 Å². The maximum Gasteiger partial charge on any atom is 0.306 e. The van der Waals surface area contributed by atoms with E-state index in [1.165, 1.54) is 11.1 Å². The van der Waals surface area contributed by atoms with Gasteiger partial charge in [0.2, 0.25) is 0 Å². The Morgan fingerprint density at radius 3 is 2.29 bits per heavy atom. The maximum absolute atomic E-state index is 11.0. The van der Waals surface area contributed by atoms with Crippen LogP contribution in [0.4, 0.5) is 0 Å². The first-order chi connectivity index (χ1) is 10.1. The molecule has 0 amide bonds. The van der Waals surface area contributed by atoms with Gasteiger partial charge in [0.05, 0.1) is 5.92 Å². The summed E-state index contributed by atoms with van der Waals surface area (Å²) in [7, 11) is 0. The molecule has 0 saturated heterocycles. The van der Waals surface area contributed by atoms with Gasteiger partial charge in [-0.2, -0.15) is 0 Å². The molecule has 3 nitrogen and oxygen atoms in total. The van der Waals surface area contributed by atoms with Crippen LogP contribution < -0.4 is 5.32 Å². The fraction of sp³-hybridized carbons (Fsp3) is 0.611. The Morgan fingerprint density at radius 2 is 1.76 bits per heavy atom. The molecule has 2 aliphatic carbocycles. The summed E-state index contributed by atoms with van der Waals surface area (Å²) in [6.45, 7) is 3.40. The molecule has 0 heterocycles. The van der Waals surface area contributed by atoms with Crippen molar-refractivity contribution in [3.05, 3.63) is 35.4 Å². The van der Waals surface area contributed by atoms with Gasteiger partial charge >= 0.3 is 5.97 Å². The highest BCUT2D eigenvalue weighted by molar-refractivity contribution is 5.70. The fourth-order valence-electron chi connectivity index (χ4n) is 3.94. The Balaban J connectivity index is 1.50. The van der Waals surface area contributed by atoms with Crippen LogP contribution in [0.5, 0.6) is 0 Å². The lowest BCUT2D eigenvalue weighted by atomic mass is 9.84. The first kappa shape index (κ1) is 14.6. The summed E-state index contributed by atoms with van der Waals surface area (Å²) in [5.41, 5.74) is 3.31. The maximum atomic E-state index is 11.0. The van der Waals surface area contributed by atoms with E-state index in [0.717, 1.165) is 45.1 Å². The predicted molar refractivity (Wildman–Crippen MR) is 83.3 cm³/mol. The number of rotatable bonds is 4. The van der Waals surface area contributed by atoms with E-state index in [9.17, 15) is 4.79 Å². The van der Waals surface area contributed by atoms with Gasteiger partial charge in [-0.05, 0) is 55.1 Å². The summed E-state index contributed by atoms with van der Waals surface area (Å²) >= 11 is 0. The zero-order valence-electron chi connectivity index (χ0n) is 12.8. The number of hydrogen-bond donors (Lipinski definition) is 2. The van der Waals surface area contributed by atoms with Crippen molar-refractivity contribution < 1.29 is 9.90 Å². The van der Waals surface area contributed by atoms with E-state index >= 15 is 0 Å². The number of nitrogens with one attached hydrogen (secondary N) is 1. The number of aliphatic carboxylic acids is 1. The molecule has 0 aliphatic heterocycles. The molecule has 0 unspecified atom stereocenters. The number of benzene rings is 1. The van der Waals surface area contributed by atoms with E-state index in [2.05, 4.69) is 36.5 Å². The van der Waals surface area contributed by atoms with Crippen LogP contribution in [-0.4, -0.2) is 23.7 Å². The second-order valence-corrected chi connectivity index (χ2v) is 7.20. The van der Waals surface area contributed by atoms with Gasteiger partial charge in [-0.1, -0.05) is 31.2 Å². The summed E-state index contributed by atoms with van der Waals surface area (Å²) in [4.78, 5) is 11.0. The largest absolute Gasteiger partial charge is 0.481 e. The quantitative estimate of drug-likeness (QED) is 0.895. The summed E-state index contributed by atoms with van der Waals surface area (Å²) in [5, 5.41) is 12.8. The Kier molecular flexibility index (Phi) is 4.03. The number of carbonyl (C=O) groups is 1. The highest BCUT2D eigenvalue weighted by atomic mass is 16.4. The lowest BCUT2D eigenvalue weighted by Gasteiger charge is -2.31. The van der Waals surface area contributed by atoms with Gasteiger partial charge < -0.3 is 10.4 Å². The van der Waals surface area contributed by atoms with Crippen molar-refractivity contribution in [3.63, 3.8) is 0 Å². The van der Waals surface area contributed by atoms with Crippen LogP contribution in [-0.2, 0) is 17.6 Å². The van der Waals surface area contributed by atoms with Gasteiger partial charge in [-0.25, -0.2) is 0 Å². The van der Waals surface area contributed by atoms with E-state index in [4.69, 9.17) is 5.11 Å². The van der Waals surface area contributed by atoms with Gasteiger partial charge in [0.15, 0.2) is 0 Å². The smallest absolute Gasteiger partial charge is 0.306 e. The van der Waals surface area contributed by atoms with Crippen LogP contribution in [0, 0.1) is 11.3 Å². The molecule has 0 radical (unpaired) electrons. The second kappa shape index (κ2) is 5.80. The summed E-state index contributed by atoms with van der Waals surface area (Å²) in [6, 6.07) is 9.26. The van der Waals surface area contributed by atoms with Gasteiger partial charge in [-0.15, -0.1) is 0 Å². The Morgan fingerprint density at radius 1 is 1.19 bits per heavy atom. The van der Waals surface area contributed by atoms with E-state index < -0.39 is 5.97 Å². The van der Waals surface area contributed by atoms with E-state index in [0.29, 0.717) is 11.5 Å². The normalized spacial score (nSPS) is 27.3. The average Bonchev–Trinajstić information content (AvgIpc) is 2.82. The predicted octanol–water partition coefficient (Wildman–Crippen LogP) is 3.02. The molecular weight excluding hydrogens is 262 g/mol. The fourth-order valence-corrected chi connectivity index (χ4v) is 3.94. The molecule has 0 bridgehead atoms. The number of carboxylic acid groups (broad SMARTS) is 1. The molecule has 1 saturated carbocycles. The van der Waals surface area contributed by atoms with Crippen molar-refractivity contribution in [1.82, 2.24) is 5.32 Å². The Labute approximate surface area is 126 Å². The highest BCUT2D eigenvalue weighted by Gasteiger charge is 2.33. The Hall–Kier alpha value is -1.35. The van der Waals surface area contributed by atoms with Crippen molar-refractivity contribution in [2.45, 2.75) is 51.5 Å². The van der Waals surface area contributed by atoms with Crippen molar-refractivity contribution in [2.75, 3.05) is 6.54 Å². The third-order valence-corrected chi connectivity index (χ3v) is 5.25. The molecule has 1 aromatic carbocycles. The molecule has 2 N–H and O–H groups in total. The van der Waals surface area contributed by atoms with Crippen LogP contribution in [0.25, 0.3) is 0 Å². The van der Waals surface area contributed by atoms with Gasteiger partial charge in [0.25, 0.3) is 0 Å². The van der Waals surface area contributed by atoms with E-state index in [-0.39, 0.29) is 5.92 Å². The monoisotopic (exact) mass is 287 g/mol. The number of carboxylic acids is 1. The minimum atomic E-state index is -0.619. The molecule has 114 valence electrons. The van der Waals surface area contributed by atoms with Crippen molar-refractivity contribution in [3.8, 4) is 0 Å². The molecule has 2 aliphatic rings. The van der Waals surface area contributed by atoms with Crippen LogP contribution in [0.1, 0.15) is 43.7 Å². The molecule has 1 aromatic rings. The third kappa shape index (κ3) is 3.29. The second-order valence-electron chi connectivity index (χ2n) is 7.20. The van der Waals surface area contributed by atoms with E-state index in [1.54, 1.807) is 0 Å². The van der Waals surface area contributed by atoms with Crippen molar-refractivity contribution >= 4 is 5.97 Å². The van der Waals surface area contributed by atoms with Crippen molar-refractivity contribution in [2.24, 2.45) is 11.3 Å². The molecule has 1 fully saturated rings. The lowest BCUT2D eigenvalue weighted by molar-refractivity contribution is -0.142. The molecule has 0 atom stereocenters. The molecule has 0 spiro atoms. The summed E-state index contributed by atoms with van der Waals surface area (Å²) in [5.74, 6) is -0.735. The molecule has 3 heteroatoms. The molecule has 21 heavy (non-hydrogen) atoms. The van der Waals surface area contributed by atoms with Gasteiger partial charge in [0, 0.05) is 12.6 Å². The summed E-state index contributed by atoms with van der Waals surface area (Å²) in [6.07, 6.45) is 5.95. The molecule has 3 rings (SSSR count). The van der Waals surface area contributed by atoms with Crippen LogP contribution in [0.15, 0.2) is 24.3 Å². The summed E-state index contributed by atoms with van der Waals surface area (Å²) < 4.78 is 0. The van der Waals surface area contributed by atoms with Crippen LogP contribution >= 0.6 is 0 Å². The third-order valence-electron chi connectivity index (χ3n) is 5.25. The molecular formula is C18H25NO2. The zero-order valence-corrected chi connectivity index (χ0v) is 12.8. The van der Waals surface area contributed by atoms with Crippen LogP contribution in [0.3, 0.4) is 0 Å². The minimum Gasteiger partial charge on any atom is -0.481 e.